The summed E-state index contributed by atoms with van der Waals surface area (Å²) in [5.74, 6) is -1.30. The number of amides is 1. The van der Waals surface area contributed by atoms with Crippen molar-refractivity contribution in [3.63, 3.8) is 0 Å². The van der Waals surface area contributed by atoms with Crippen LogP contribution in [0.5, 0.6) is 0 Å². The molecule has 0 radical (unpaired) electrons. The summed E-state index contributed by atoms with van der Waals surface area (Å²) >= 11 is 0. The molecular formula is C19H21NO5. The van der Waals surface area contributed by atoms with Gasteiger partial charge in [-0.25, -0.2) is 4.79 Å². The Bertz CT molecular complexity index is 729. The first-order valence-electron chi connectivity index (χ1n) is 7.91. The van der Waals surface area contributed by atoms with Crippen LogP contribution in [0.2, 0.25) is 0 Å². The highest BCUT2D eigenvalue weighted by molar-refractivity contribution is 6.04. The number of hydrogen-bond donors (Lipinski definition) is 2. The number of nitrogens with one attached hydrogen (secondary N) is 1. The van der Waals surface area contributed by atoms with E-state index < -0.39 is 5.97 Å². The van der Waals surface area contributed by atoms with Crippen LogP contribution in [0.25, 0.3) is 11.1 Å². The number of benzene rings is 2. The van der Waals surface area contributed by atoms with E-state index in [2.05, 4.69) is 5.32 Å². The van der Waals surface area contributed by atoms with E-state index in [0.29, 0.717) is 43.1 Å². The lowest BCUT2D eigenvalue weighted by Gasteiger charge is -2.12. The van der Waals surface area contributed by atoms with Crippen LogP contribution in [0.1, 0.15) is 20.7 Å². The lowest BCUT2D eigenvalue weighted by Crippen LogP contribution is -2.28. The van der Waals surface area contributed by atoms with Gasteiger partial charge in [-0.3, -0.25) is 4.79 Å². The van der Waals surface area contributed by atoms with E-state index in [1.54, 1.807) is 49.6 Å². The van der Waals surface area contributed by atoms with Crippen molar-refractivity contribution in [2.24, 2.45) is 0 Å². The number of ether oxygens (including phenoxy) is 2. The number of carboxylic acid groups (broad SMARTS) is 1. The minimum absolute atomic E-state index is 0.158. The highest BCUT2D eigenvalue weighted by atomic mass is 16.5. The molecule has 0 unspecified atom stereocenters. The van der Waals surface area contributed by atoms with Crippen molar-refractivity contribution in [3.05, 3.63) is 59.7 Å². The topological polar surface area (TPSA) is 84.9 Å². The molecule has 2 aromatic rings. The van der Waals surface area contributed by atoms with E-state index in [0.717, 1.165) is 0 Å². The molecule has 1 amide bonds. The van der Waals surface area contributed by atoms with Crippen molar-refractivity contribution in [2.75, 3.05) is 33.5 Å². The van der Waals surface area contributed by atoms with Gasteiger partial charge in [-0.1, -0.05) is 36.4 Å². The Balaban J connectivity index is 2.13. The zero-order valence-corrected chi connectivity index (χ0v) is 14.0. The predicted octanol–water partition coefficient (Wildman–Crippen LogP) is 2.44. The lowest BCUT2D eigenvalue weighted by atomic mass is 9.95. The summed E-state index contributed by atoms with van der Waals surface area (Å²) in [4.78, 5) is 23.9. The maximum atomic E-state index is 12.5. The Morgan fingerprint density at radius 2 is 1.52 bits per heavy atom. The second-order valence-electron chi connectivity index (χ2n) is 5.26. The fraction of sp³-hybridized carbons (Fsp3) is 0.263. The molecule has 0 aromatic heterocycles. The molecule has 0 aliphatic rings. The van der Waals surface area contributed by atoms with Gasteiger partial charge in [-0.2, -0.15) is 0 Å². The van der Waals surface area contributed by atoms with E-state index in [4.69, 9.17) is 9.47 Å². The SMILES string of the molecule is COCCOCCNC(=O)c1ccccc1-c1ccccc1C(=O)O. The molecule has 132 valence electrons. The third-order valence-corrected chi connectivity index (χ3v) is 3.58. The zero-order chi connectivity index (χ0) is 18.1. The molecule has 0 fully saturated rings. The minimum Gasteiger partial charge on any atom is -0.478 e. The van der Waals surface area contributed by atoms with Crippen LogP contribution >= 0.6 is 0 Å². The molecular weight excluding hydrogens is 322 g/mol. The molecule has 6 heteroatoms. The van der Waals surface area contributed by atoms with Gasteiger partial charge < -0.3 is 19.9 Å². The minimum atomic E-state index is -1.03. The molecule has 0 saturated heterocycles. The van der Waals surface area contributed by atoms with Crippen LogP contribution in [-0.4, -0.2) is 50.5 Å². The first-order chi connectivity index (χ1) is 12.1. The molecule has 0 spiro atoms. The van der Waals surface area contributed by atoms with Gasteiger partial charge >= 0.3 is 5.97 Å². The maximum absolute atomic E-state index is 12.5. The molecule has 0 bridgehead atoms. The Morgan fingerprint density at radius 3 is 2.16 bits per heavy atom. The number of rotatable bonds is 9. The molecule has 6 nitrogen and oxygen atoms in total. The van der Waals surface area contributed by atoms with Crippen molar-refractivity contribution < 1.29 is 24.2 Å². The van der Waals surface area contributed by atoms with Gasteiger partial charge in [0.25, 0.3) is 5.91 Å². The summed E-state index contributed by atoms with van der Waals surface area (Å²) in [6.07, 6.45) is 0. The van der Waals surface area contributed by atoms with Crippen molar-refractivity contribution in [2.45, 2.75) is 0 Å². The monoisotopic (exact) mass is 343 g/mol. The van der Waals surface area contributed by atoms with E-state index in [1.807, 2.05) is 0 Å². The summed E-state index contributed by atoms with van der Waals surface area (Å²) in [7, 11) is 1.59. The third kappa shape index (κ3) is 5.14. The van der Waals surface area contributed by atoms with Crippen LogP contribution in [-0.2, 0) is 9.47 Å². The second kappa shape index (κ2) is 9.56. The highest BCUT2D eigenvalue weighted by Crippen LogP contribution is 2.27. The van der Waals surface area contributed by atoms with Crippen LogP contribution in [0.3, 0.4) is 0 Å². The first kappa shape index (κ1) is 18.6. The maximum Gasteiger partial charge on any atom is 0.336 e. The molecule has 2 aromatic carbocycles. The number of carbonyl (C=O) groups is 2. The predicted molar refractivity (Wildman–Crippen MR) is 93.9 cm³/mol. The first-order valence-corrected chi connectivity index (χ1v) is 7.91. The molecule has 0 aliphatic carbocycles. The van der Waals surface area contributed by atoms with E-state index >= 15 is 0 Å². The Labute approximate surface area is 146 Å². The van der Waals surface area contributed by atoms with Crippen molar-refractivity contribution in [3.8, 4) is 11.1 Å². The highest BCUT2D eigenvalue weighted by Gasteiger charge is 2.17. The third-order valence-electron chi connectivity index (χ3n) is 3.58. The average Bonchev–Trinajstić information content (AvgIpc) is 2.64. The standard InChI is InChI=1S/C19H21NO5/c1-24-12-13-25-11-10-20-18(21)16-8-4-2-6-14(16)15-7-3-5-9-17(15)19(22)23/h2-9H,10-13H2,1H3,(H,20,21)(H,22,23). The van der Waals surface area contributed by atoms with Gasteiger partial charge in [0.15, 0.2) is 0 Å². The van der Waals surface area contributed by atoms with Gasteiger partial charge in [-0.15, -0.1) is 0 Å². The van der Waals surface area contributed by atoms with Crippen LogP contribution < -0.4 is 5.32 Å². The molecule has 25 heavy (non-hydrogen) atoms. The van der Waals surface area contributed by atoms with E-state index in [-0.39, 0.29) is 11.5 Å². The summed E-state index contributed by atoms with van der Waals surface area (Å²) in [5.41, 5.74) is 1.68. The molecule has 0 atom stereocenters. The zero-order valence-electron chi connectivity index (χ0n) is 14.0. The molecule has 0 heterocycles. The number of carbonyl (C=O) groups excluding carboxylic acids is 1. The number of hydrogen-bond acceptors (Lipinski definition) is 4. The Kier molecular flexibility index (Phi) is 7.13. The fourth-order valence-electron chi connectivity index (χ4n) is 2.40. The lowest BCUT2D eigenvalue weighted by molar-refractivity contribution is 0.0691. The largest absolute Gasteiger partial charge is 0.478 e. The average molecular weight is 343 g/mol. The van der Waals surface area contributed by atoms with Crippen molar-refractivity contribution >= 4 is 11.9 Å². The molecule has 2 rings (SSSR count). The quantitative estimate of drug-likeness (QED) is 0.683. The van der Waals surface area contributed by atoms with Gasteiger partial charge in [0, 0.05) is 19.2 Å². The smallest absolute Gasteiger partial charge is 0.336 e. The van der Waals surface area contributed by atoms with Crippen LogP contribution in [0.4, 0.5) is 0 Å². The Hall–Kier alpha value is -2.70. The molecule has 2 N–H and O–H groups in total. The number of carboxylic acids is 1. The van der Waals surface area contributed by atoms with Crippen molar-refractivity contribution in [1.82, 2.24) is 5.32 Å². The Morgan fingerprint density at radius 1 is 0.920 bits per heavy atom. The second-order valence-corrected chi connectivity index (χ2v) is 5.26. The van der Waals surface area contributed by atoms with Crippen LogP contribution in [0.15, 0.2) is 48.5 Å². The summed E-state index contributed by atoms with van der Waals surface area (Å²) in [6.45, 7) is 1.71. The van der Waals surface area contributed by atoms with Crippen LogP contribution in [0, 0.1) is 0 Å². The molecule has 0 saturated carbocycles. The fourth-order valence-corrected chi connectivity index (χ4v) is 2.40. The van der Waals surface area contributed by atoms with Gasteiger partial charge in [0.05, 0.1) is 25.4 Å². The van der Waals surface area contributed by atoms with Gasteiger partial charge in [0.2, 0.25) is 0 Å². The van der Waals surface area contributed by atoms with Gasteiger partial charge in [0.1, 0.15) is 0 Å². The summed E-state index contributed by atoms with van der Waals surface area (Å²) in [6, 6.07) is 13.6. The van der Waals surface area contributed by atoms with Crippen molar-refractivity contribution in [1.29, 1.82) is 0 Å². The summed E-state index contributed by atoms with van der Waals surface area (Å²) in [5, 5.41) is 12.2. The van der Waals surface area contributed by atoms with E-state index in [1.165, 1.54) is 6.07 Å². The normalized spacial score (nSPS) is 10.4. The summed E-state index contributed by atoms with van der Waals surface area (Å²) < 4.78 is 10.2. The molecule has 0 aliphatic heterocycles. The number of aromatic carboxylic acids is 1. The van der Waals surface area contributed by atoms with E-state index in [9.17, 15) is 14.7 Å². The number of methoxy groups -OCH3 is 1. The van der Waals surface area contributed by atoms with Gasteiger partial charge in [-0.05, 0) is 23.3 Å².